The van der Waals surface area contributed by atoms with Crippen molar-refractivity contribution in [3.8, 4) is 0 Å². The van der Waals surface area contributed by atoms with Gasteiger partial charge in [-0.2, -0.15) is 11.3 Å². The summed E-state index contributed by atoms with van der Waals surface area (Å²) in [6.45, 7) is 0.600. The number of nitrogens with zero attached hydrogens (tertiary/aromatic N) is 1. The summed E-state index contributed by atoms with van der Waals surface area (Å²) in [7, 11) is 0. The molecule has 0 aliphatic rings. The standard InChI is InChI=1S/C15H15N3OS/c19-15(9-11-6-8-20-10-11)16-7-5-14-17-12-3-1-2-4-13(12)18-14/h1-4,6,8,10H,5,7,9H2,(H,16,19)(H,17,18). The van der Waals surface area contributed by atoms with E-state index in [2.05, 4.69) is 15.3 Å². The minimum Gasteiger partial charge on any atom is -0.355 e. The van der Waals surface area contributed by atoms with E-state index >= 15 is 0 Å². The molecule has 1 aromatic carbocycles. The summed E-state index contributed by atoms with van der Waals surface area (Å²) in [5.41, 5.74) is 3.07. The number of carbonyl (C=O) groups excluding carboxylic acids is 1. The number of imidazole rings is 1. The summed E-state index contributed by atoms with van der Waals surface area (Å²) in [4.78, 5) is 19.5. The van der Waals surface area contributed by atoms with Crippen molar-refractivity contribution in [1.82, 2.24) is 15.3 Å². The monoisotopic (exact) mass is 285 g/mol. The minimum atomic E-state index is 0.0551. The number of amides is 1. The quantitative estimate of drug-likeness (QED) is 0.757. The van der Waals surface area contributed by atoms with Crippen LogP contribution in [0, 0.1) is 0 Å². The third-order valence-corrected chi connectivity index (χ3v) is 3.80. The lowest BCUT2D eigenvalue weighted by molar-refractivity contribution is -0.120. The van der Waals surface area contributed by atoms with E-state index in [9.17, 15) is 4.79 Å². The van der Waals surface area contributed by atoms with Gasteiger partial charge in [0.15, 0.2) is 0 Å². The zero-order valence-corrected chi connectivity index (χ0v) is 11.7. The lowest BCUT2D eigenvalue weighted by atomic mass is 10.2. The van der Waals surface area contributed by atoms with Crippen molar-refractivity contribution in [2.75, 3.05) is 6.54 Å². The minimum absolute atomic E-state index is 0.0551. The number of aromatic amines is 1. The second-order valence-corrected chi connectivity index (χ2v) is 5.39. The topological polar surface area (TPSA) is 57.8 Å². The molecule has 0 fully saturated rings. The average Bonchev–Trinajstić information content (AvgIpc) is 3.07. The van der Waals surface area contributed by atoms with Gasteiger partial charge in [-0.05, 0) is 34.5 Å². The summed E-state index contributed by atoms with van der Waals surface area (Å²) >= 11 is 1.61. The van der Waals surface area contributed by atoms with E-state index in [1.807, 2.05) is 41.1 Å². The van der Waals surface area contributed by atoms with Crippen LogP contribution in [0.4, 0.5) is 0 Å². The fraction of sp³-hybridized carbons (Fsp3) is 0.200. The molecule has 3 aromatic rings. The van der Waals surface area contributed by atoms with Crippen LogP contribution in [0.15, 0.2) is 41.1 Å². The van der Waals surface area contributed by atoms with E-state index in [-0.39, 0.29) is 5.91 Å². The Labute approximate surface area is 120 Å². The maximum atomic E-state index is 11.7. The Balaban J connectivity index is 1.51. The predicted octanol–water partition coefficient (Wildman–Crippen LogP) is 2.53. The lowest BCUT2D eigenvalue weighted by Crippen LogP contribution is -2.27. The third kappa shape index (κ3) is 3.05. The van der Waals surface area contributed by atoms with E-state index < -0.39 is 0 Å². The zero-order valence-electron chi connectivity index (χ0n) is 10.9. The van der Waals surface area contributed by atoms with Gasteiger partial charge in [0, 0.05) is 13.0 Å². The number of carbonyl (C=O) groups is 1. The first-order chi connectivity index (χ1) is 9.81. The highest BCUT2D eigenvalue weighted by atomic mass is 32.1. The van der Waals surface area contributed by atoms with Crippen LogP contribution < -0.4 is 5.32 Å². The van der Waals surface area contributed by atoms with Gasteiger partial charge in [-0.1, -0.05) is 12.1 Å². The Morgan fingerprint density at radius 3 is 3.00 bits per heavy atom. The highest BCUT2D eigenvalue weighted by Gasteiger charge is 2.05. The first-order valence-corrected chi connectivity index (χ1v) is 7.47. The molecular formula is C15H15N3OS. The SMILES string of the molecule is O=C(Cc1ccsc1)NCCc1nc2ccccc2[nH]1. The molecule has 0 aliphatic carbocycles. The van der Waals surface area contributed by atoms with Crippen molar-refractivity contribution >= 4 is 28.3 Å². The Hall–Kier alpha value is -2.14. The Morgan fingerprint density at radius 2 is 2.20 bits per heavy atom. The Morgan fingerprint density at radius 1 is 1.30 bits per heavy atom. The van der Waals surface area contributed by atoms with Crippen molar-refractivity contribution in [2.24, 2.45) is 0 Å². The number of hydrogen-bond acceptors (Lipinski definition) is 3. The summed E-state index contributed by atoms with van der Waals surface area (Å²) in [5, 5.41) is 6.90. The van der Waals surface area contributed by atoms with Crippen molar-refractivity contribution in [2.45, 2.75) is 12.8 Å². The number of hydrogen-bond donors (Lipinski definition) is 2. The van der Waals surface area contributed by atoms with Crippen LogP contribution in [0.25, 0.3) is 11.0 Å². The molecule has 0 aliphatic heterocycles. The van der Waals surface area contributed by atoms with Crippen molar-refractivity contribution in [3.05, 3.63) is 52.5 Å². The molecule has 5 heteroatoms. The smallest absolute Gasteiger partial charge is 0.224 e. The predicted molar refractivity (Wildman–Crippen MR) is 80.8 cm³/mol. The largest absolute Gasteiger partial charge is 0.355 e. The second kappa shape index (κ2) is 5.88. The summed E-state index contributed by atoms with van der Waals surface area (Å²) in [5.74, 6) is 0.960. The fourth-order valence-corrected chi connectivity index (χ4v) is 2.75. The number of nitrogens with one attached hydrogen (secondary N) is 2. The molecule has 0 unspecified atom stereocenters. The van der Waals surface area contributed by atoms with Crippen LogP contribution >= 0.6 is 11.3 Å². The molecule has 102 valence electrons. The van der Waals surface area contributed by atoms with Crippen molar-refractivity contribution < 1.29 is 4.79 Å². The van der Waals surface area contributed by atoms with Gasteiger partial charge >= 0.3 is 0 Å². The molecule has 0 radical (unpaired) electrons. The Bertz CT molecular complexity index is 670. The van der Waals surface area contributed by atoms with Crippen molar-refractivity contribution in [3.63, 3.8) is 0 Å². The van der Waals surface area contributed by atoms with Crippen LogP contribution in [0.3, 0.4) is 0 Å². The van der Waals surface area contributed by atoms with Gasteiger partial charge in [-0.3, -0.25) is 4.79 Å². The molecule has 0 atom stereocenters. The molecule has 0 spiro atoms. The van der Waals surface area contributed by atoms with Crippen LogP contribution in [-0.4, -0.2) is 22.4 Å². The van der Waals surface area contributed by atoms with Crippen molar-refractivity contribution in [1.29, 1.82) is 0 Å². The van der Waals surface area contributed by atoms with E-state index in [1.165, 1.54) is 0 Å². The van der Waals surface area contributed by atoms with E-state index in [4.69, 9.17) is 0 Å². The molecule has 20 heavy (non-hydrogen) atoms. The third-order valence-electron chi connectivity index (χ3n) is 3.07. The summed E-state index contributed by atoms with van der Waals surface area (Å²) < 4.78 is 0. The molecule has 2 N–H and O–H groups in total. The molecule has 2 heterocycles. The Kier molecular flexibility index (Phi) is 3.78. The van der Waals surface area contributed by atoms with Crippen LogP contribution in [0.2, 0.25) is 0 Å². The van der Waals surface area contributed by atoms with Crippen LogP contribution in [0.5, 0.6) is 0 Å². The molecular weight excluding hydrogens is 270 g/mol. The van der Waals surface area contributed by atoms with E-state index in [0.717, 1.165) is 22.4 Å². The van der Waals surface area contributed by atoms with Crippen LogP contribution in [0.1, 0.15) is 11.4 Å². The molecule has 0 saturated carbocycles. The lowest BCUT2D eigenvalue weighted by Gasteiger charge is -2.02. The number of fused-ring (bicyclic) bond motifs is 1. The van der Waals surface area contributed by atoms with Gasteiger partial charge < -0.3 is 10.3 Å². The van der Waals surface area contributed by atoms with Gasteiger partial charge in [0.05, 0.1) is 17.5 Å². The van der Waals surface area contributed by atoms with Gasteiger partial charge in [-0.15, -0.1) is 0 Å². The van der Waals surface area contributed by atoms with E-state index in [0.29, 0.717) is 19.4 Å². The maximum Gasteiger partial charge on any atom is 0.224 e. The highest BCUT2D eigenvalue weighted by molar-refractivity contribution is 7.07. The number of H-pyrrole nitrogens is 1. The highest BCUT2D eigenvalue weighted by Crippen LogP contribution is 2.10. The number of rotatable bonds is 5. The molecule has 0 bridgehead atoms. The first-order valence-electron chi connectivity index (χ1n) is 6.52. The number of thiophene rings is 1. The second-order valence-electron chi connectivity index (χ2n) is 4.61. The normalized spacial score (nSPS) is 10.8. The zero-order chi connectivity index (χ0) is 13.8. The molecule has 4 nitrogen and oxygen atoms in total. The fourth-order valence-electron chi connectivity index (χ4n) is 2.09. The first kappa shape index (κ1) is 12.9. The number of para-hydroxylation sites is 2. The van der Waals surface area contributed by atoms with Gasteiger partial charge in [0.1, 0.15) is 5.82 Å². The van der Waals surface area contributed by atoms with Gasteiger partial charge in [0.2, 0.25) is 5.91 Å². The number of aromatic nitrogens is 2. The maximum absolute atomic E-state index is 11.7. The van der Waals surface area contributed by atoms with Gasteiger partial charge in [0.25, 0.3) is 0 Å². The average molecular weight is 285 g/mol. The van der Waals surface area contributed by atoms with E-state index in [1.54, 1.807) is 11.3 Å². The molecule has 3 rings (SSSR count). The summed E-state index contributed by atoms with van der Waals surface area (Å²) in [6, 6.07) is 9.90. The van der Waals surface area contributed by atoms with Gasteiger partial charge in [-0.25, -0.2) is 4.98 Å². The summed E-state index contributed by atoms with van der Waals surface area (Å²) in [6.07, 6.45) is 1.16. The molecule has 2 aromatic heterocycles. The van der Waals surface area contributed by atoms with Crippen LogP contribution in [-0.2, 0) is 17.6 Å². The molecule has 1 amide bonds. The number of benzene rings is 1. The molecule has 0 saturated heterocycles.